The van der Waals surface area contributed by atoms with Crippen LogP contribution < -0.4 is 5.32 Å². The number of carbonyl (C=O) groups is 2. The molecule has 22 heavy (non-hydrogen) atoms. The van der Waals surface area contributed by atoms with Gasteiger partial charge in [-0.1, -0.05) is 23.7 Å². The molecule has 0 saturated heterocycles. The number of hydrogen-bond acceptors (Lipinski definition) is 4. The summed E-state index contributed by atoms with van der Waals surface area (Å²) in [5.41, 5.74) is 0.527. The van der Waals surface area contributed by atoms with Gasteiger partial charge in [0.05, 0.1) is 16.3 Å². The van der Waals surface area contributed by atoms with Crippen molar-refractivity contribution in [2.24, 2.45) is 0 Å². The van der Waals surface area contributed by atoms with Crippen LogP contribution in [0.25, 0.3) is 0 Å². The quantitative estimate of drug-likeness (QED) is 0.819. The van der Waals surface area contributed by atoms with E-state index in [1.807, 2.05) is 0 Å². The van der Waals surface area contributed by atoms with Gasteiger partial charge >= 0.3 is 5.97 Å². The molecule has 0 unspecified atom stereocenters. The van der Waals surface area contributed by atoms with E-state index < -0.39 is 11.8 Å². The molecule has 0 aliphatic rings. The summed E-state index contributed by atoms with van der Waals surface area (Å²) in [6.07, 6.45) is 0.0515. The second-order valence-electron chi connectivity index (χ2n) is 4.38. The molecular weight excluding hydrogens is 329 g/mol. The highest BCUT2D eigenvalue weighted by molar-refractivity contribution is 7.12. The van der Waals surface area contributed by atoms with E-state index in [-0.39, 0.29) is 30.5 Å². The van der Waals surface area contributed by atoms with E-state index in [1.165, 1.54) is 23.5 Å². The topological polar surface area (TPSA) is 55.4 Å². The summed E-state index contributed by atoms with van der Waals surface area (Å²) in [7, 11) is 0. The lowest BCUT2D eigenvalue weighted by molar-refractivity contribution is -0.144. The number of benzene rings is 1. The Morgan fingerprint density at radius 1 is 1.32 bits per heavy atom. The molecule has 1 aromatic carbocycles. The van der Waals surface area contributed by atoms with Gasteiger partial charge < -0.3 is 10.1 Å². The molecule has 0 aliphatic carbocycles. The van der Waals surface area contributed by atoms with Crippen LogP contribution in [-0.2, 0) is 16.1 Å². The number of ether oxygens (including phenoxy) is 1. The van der Waals surface area contributed by atoms with Crippen molar-refractivity contribution < 1.29 is 18.7 Å². The molecule has 1 aromatic heterocycles. The van der Waals surface area contributed by atoms with E-state index in [0.717, 1.165) is 6.07 Å². The molecule has 7 heteroatoms. The molecule has 0 fully saturated rings. The molecule has 0 spiro atoms. The summed E-state index contributed by atoms with van der Waals surface area (Å²) in [4.78, 5) is 23.8. The third kappa shape index (κ3) is 4.82. The van der Waals surface area contributed by atoms with Crippen LogP contribution in [0.4, 0.5) is 4.39 Å². The van der Waals surface area contributed by atoms with Crippen molar-refractivity contribution in [3.63, 3.8) is 0 Å². The number of nitrogens with one attached hydrogen (secondary N) is 1. The first kappa shape index (κ1) is 16.5. The van der Waals surface area contributed by atoms with Gasteiger partial charge in [0.1, 0.15) is 12.4 Å². The highest BCUT2D eigenvalue weighted by Crippen LogP contribution is 2.18. The van der Waals surface area contributed by atoms with Crippen molar-refractivity contribution in [1.82, 2.24) is 5.32 Å². The average Bonchev–Trinajstić information content (AvgIpc) is 3.00. The zero-order valence-electron chi connectivity index (χ0n) is 11.5. The number of amides is 1. The van der Waals surface area contributed by atoms with Crippen molar-refractivity contribution in [3.05, 3.63) is 57.0 Å². The van der Waals surface area contributed by atoms with Crippen LogP contribution in [0.15, 0.2) is 35.7 Å². The van der Waals surface area contributed by atoms with Gasteiger partial charge in [0.25, 0.3) is 5.91 Å². The number of hydrogen-bond donors (Lipinski definition) is 1. The Hall–Kier alpha value is -1.92. The third-order valence-electron chi connectivity index (χ3n) is 2.76. The summed E-state index contributed by atoms with van der Waals surface area (Å²) in [6.45, 7) is 0.156. The van der Waals surface area contributed by atoms with Gasteiger partial charge in [-0.05, 0) is 23.6 Å². The van der Waals surface area contributed by atoms with Crippen LogP contribution in [0, 0.1) is 5.82 Å². The van der Waals surface area contributed by atoms with E-state index in [2.05, 4.69) is 5.32 Å². The van der Waals surface area contributed by atoms with Crippen molar-refractivity contribution in [2.75, 3.05) is 6.54 Å². The second kappa shape index (κ2) is 7.91. The Bertz CT molecular complexity index is 661. The van der Waals surface area contributed by atoms with Gasteiger partial charge in [0.2, 0.25) is 0 Å². The highest BCUT2D eigenvalue weighted by atomic mass is 35.5. The predicted molar refractivity (Wildman–Crippen MR) is 82.5 cm³/mol. The summed E-state index contributed by atoms with van der Waals surface area (Å²) < 4.78 is 17.9. The highest BCUT2D eigenvalue weighted by Gasteiger charge is 2.09. The van der Waals surface area contributed by atoms with E-state index in [9.17, 15) is 14.0 Å². The first-order valence-electron chi connectivity index (χ1n) is 6.47. The molecule has 4 nitrogen and oxygen atoms in total. The van der Waals surface area contributed by atoms with Crippen LogP contribution in [0.1, 0.15) is 21.7 Å². The molecule has 116 valence electrons. The molecule has 1 N–H and O–H groups in total. The van der Waals surface area contributed by atoms with Crippen molar-refractivity contribution in [1.29, 1.82) is 0 Å². The number of rotatable bonds is 6. The molecule has 0 atom stereocenters. The second-order valence-corrected chi connectivity index (χ2v) is 5.73. The van der Waals surface area contributed by atoms with E-state index in [0.29, 0.717) is 10.4 Å². The van der Waals surface area contributed by atoms with Crippen LogP contribution >= 0.6 is 22.9 Å². The monoisotopic (exact) mass is 341 g/mol. The zero-order valence-corrected chi connectivity index (χ0v) is 13.0. The standard InChI is InChI=1S/C15H13ClFNO3S/c16-12-8-11(17)4-3-10(12)9-21-14(19)5-6-18-15(20)13-2-1-7-22-13/h1-4,7-8H,5-6,9H2,(H,18,20). The van der Waals surface area contributed by atoms with Crippen LogP contribution in [-0.4, -0.2) is 18.4 Å². The minimum absolute atomic E-state index is 0.0309. The van der Waals surface area contributed by atoms with E-state index >= 15 is 0 Å². The molecule has 0 bridgehead atoms. The number of halogens is 2. The Labute approximate surface area is 135 Å². The van der Waals surface area contributed by atoms with Gasteiger partial charge in [-0.2, -0.15) is 0 Å². The van der Waals surface area contributed by atoms with Crippen LogP contribution in [0.2, 0.25) is 5.02 Å². The smallest absolute Gasteiger partial charge is 0.307 e. The molecule has 1 heterocycles. The van der Waals surface area contributed by atoms with Crippen LogP contribution in [0.5, 0.6) is 0 Å². The molecule has 1 amide bonds. The fourth-order valence-corrected chi connectivity index (χ4v) is 2.50. The fraction of sp³-hybridized carbons (Fsp3) is 0.200. The SMILES string of the molecule is O=C(CCNC(=O)c1cccs1)OCc1ccc(F)cc1Cl. The van der Waals surface area contributed by atoms with Crippen molar-refractivity contribution in [2.45, 2.75) is 13.0 Å². The van der Waals surface area contributed by atoms with Gasteiger partial charge in [-0.25, -0.2) is 4.39 Å². The molecular formula is C15H13ClFNO3S. The summed E-state index contributed by atoms with van der Waals surface area (Å²) >= 11 is 7.16. The lowest BCUT2D eigenvalue weighted by atomic mass is 10.2. The van der Waals surface area contributed by atoms with E-state index in [1.54, 1.807) is 17.5 Å². The lowest BCUT2D eigenvalue weighted by Gasteiger charge is -2.07. The zero-order chi connectivity index (χ0) is 15.9. The molecule has 2 rings (SSSR count). The molecule has 0 saturated carbocycles. The summed E-state index contributed by atoms with van der Waals surface area (Å²) in [5, 5.41) is 4.64. The van der Waals surface area contributed by atoms with E-state index in [4.69, 9.17) is 16.3 Å². The molecule has 0 aliphatic heterocycles. The Kier molecular flexibility index (Phi) is 5.91. The lowest BCUT2D eigenvalue weighted by Crippen LogP contribution is -2.25. The average molecular weight is 342 g/mol. The predicted octanol–water partition coefficient (Wildman–Crippen LogP) is 3.40. The van der Waals surface area contributed by atoms with Gasteiger partial charge in [-0.15, -0.1) is 11.3 Å². The number of esters is 1. The maximum atomic E-state index is 12.9. The normalized spacial score (nSPS) is 10.3. The Balaban J connectivity index is 1.71. The fourth-order valence-electron chi connectivity index (χ4n) is 1.64. The maximum absolute atomic E-state index is 12.9. The van der Waals surface area contributed by atoms with Gasteiger partial charge in [-0.3, -0.25) is 9.59 Å². The Morgan fingerprint density at radius 3 is 2.82 bits per heavy atom. The first-order valence-corrected chi connectivity index (χ1v) is 7.73. The molecule has 0 radical (unpaired) electrons. The summed E-state index contributed by atoms with van der Waals surface area (Å²) in [5.74, 6) is -1.13. The van der Waals surface area contributed by atoms with Crippen LogP contribution in [0.3, 0.4) is 0 Å². The van der Waals surface area contributed by atoms with Gasteiger partial charge in [0, 0.05) is 12.1 Å². The third-order valence-corrected chi connectivity index (χ3v) is 3.98. The summed E-state index contributed by atoms with van der Waals surface area (Å²) in [6, 6.07) is 7.35. The minimum Gasteiger partial charge on any atom is -0.461 e. The van der Waals surface area contributed by atoms with Crippen molar-refractivity contribution in [3.8, 4) is 0 Å². The van der Waals surface area contributed by atoms with Crippen molar-refractivity contribution >= 4 is 34.8 Å². The Morgan fingerprint density at radius 2 is 2.14 bits per heavy atom. The maximum Gasteiger partial charge on any atom is 0.307 e. The molecule has 2 aromatic rings. The number of thiophene rings is 1. The van der Waals surface area contributed by atoms with Gasteiger partial charge in [0.15, 0.2) is 0 Å². The number of carbonyl (C=O) groups excluding carboxylic acids is 2. The first-order chi connectivity index (χ1) is 10.6. The minimum atomic E-state index is -0.466. The largest absolute Gasteiger partial charge is 0.461 e.